The predicted molar refractivity (Wildman–Crippen MR) is 78.5 cm³/mol. The van der Waals surface area contributed by atoms with Crippen LogP contribution in [0.25, 0.3) is 22.2 Å². The molecule has 0 amide bonds. The first-order valence-electron chi connectivity index (χ1n) is 6.37. The number of carbonyl (C=O) groups excluding carboxylic acids is 1. The van der Waals surface area contributed by atoms with Crippen molar-refractivity contribution in [2.75, 3.05) is 0 Å². The van der Waals surface area contributed by atoms with Crippen LogP contribution in [0.3, 0.4) is 0 Å². The topological polar surface area (TPSA) is 50.2 Å². The quantitative estimate of drug-likeness (QED) is 0.738. The summed E-state index contributed by atoms with van der Waals surface area (Å²) in [6, 6.07) is 16.9. The predicted octanol–water partition coefficient (Wildman–Crippen LogP) is 3.21. The third-order valence-electron chi connectivity index (χ3n) is 3.27. The maximum Gasteiger partial charge on any atom is 0.150 e. The molecule has 0 unspecified atom stereocenters. The SMILES string of the molecule is O=Cc1cccc(-c2nc3ccccc3cc2CO)c1. The van der Waals surface area contributed by atoms with Crippen LogP contribution in [-0.4, -0.2) is 16.4 Å². The lowest BCUT2D eigenvalue weighted by Crippen LogP contribution is -1.95. The second-order valence-corrected chi connectivity index (χ2v) is 4.59. The average Bonchev–Trinajstić information content (AvgIpc) is 2.53. The summed E-state index contributed by atoms with van der Waals surface area (Å²) in [7, 11) is 0. The van der Waals surface area contributed by atoms with Gasteiger partial charge < -0.3 is 5.11 Å². The number of para-hydroxylation sites is 1. The van der Waals surface area contributed by atoms with Crippen molar-refractivity contribution < 1.29 is 9.90 Å². The third kappa shape index (κ3) is 2.19. The molecule has 2 aromatic carbocycles. The Balaban J connectivity index is 2.25. The number of aliphatic hydroxyl groups is 1. The van der Waals surface area contributed by atoms with Crippen molar-refractivity contribution >= 4 is 17.2 Å². The molecule has 0 bridgehead atoms. The van der Waals surface area contributed by atoms with Crippen LogP contribution in [0, 0.1) is 0 Å². The number of pyridine rings is 1. The second kappa shape index (κ2) is 5.23. The molecule has 3 nitrogen and oxygen atoms in total. The zero-order chi connectivity index (χ0) is 13.9. The minimum atomic E-state index is -0.0848. The molecule has 20 heavy (non-hydrogen) atoms. The fraction of sp³-hybridized carbons (Fsp3) is 0.0588. The van der Waals surface area contributed by atoms with Gasteiger partial charge >= 0.3 is 0 Å². The molecule has 0 aliphatic carbocycles. The summed E-state index contributed by atoms with van der Waals surface area (Å²) in [6.07, 6.45) is 0.809. The van der Waals surface area contributed by atoms with Crippen molar-refractivity contribution in [1.29, 1.82) is 0 Å². The van der Waals surface area contributed by atoms with E-state index >= 15 is 0 Å². The van der Waals surface area contributed by atoms with Crippen molar-refractivity contribution in [1.82, 2.24) is 4.98 Å². The molecule has 0 aliphatic heterocycles. The number of nitrogens with zero attached hydrogens (tertiary/aromatic N) is 1. The molecule has 0 atom stereocenters. The third-order valence-corrected chi connectivity index (χ3v) is 3.27. The highest BCUT2D eigenvalue weighted by Crippen LogP contribution is 2.26. The van der Waals surface area contributed by atoms with Gasteiger partial charge in [-0.15, -0.1) is 0 Å². The molecule has 0 fully saturated rings. The Morgan fingerprint density at radius 3 is 2.70 bits per heavy atom. The van der Waals surface area contributed by atoms with E-state index in [1.165, 1.54) is 0 Å². The first kappa shape index (κ1) is 12.5. The Hall–Kier alpha value is -2.52. The zero-order valence-electron chi connectivity index (χ0n) is 10.8. The lowest BCUT2D eigenvalue weighted by atomic mass is 10.0. The van der Waals surface area contributed by atoms with E-state index in [0.717, 1.165) is 34.0 Å². The molecule has 1 N–H and O–H groups in total. The van der Waals surface area contributed by atoms with Crippen LogP contribution < -0.4 is 0 Å². The summed E-state index contributed by atoms with van der Waals surface area (Å²) in [5.74, 6) is 0. The minimum Gasteiger partial charge on any atom is -0.392 e. The largest absolute Gasteiger partial charge is 0.392 e. The lowest BCUT2D eigenvalue weighted by Gasteiger charge is -2.09. The molecule has 0 saturated carbocycles. The molecule has 0 radical (unpaired) electrons. The van der Waals surface area contributed by atoms with Crippen molar-refractivity contribution in [3.05, 3.63) is 65.7 Å². The van der Waals surface area contributed by atoms with Crippen LogP contribution in [0.2, 0.25) is 0 Å². The zero-order valence-corrected chi connectivity index (χ0v) is 10.8. The van der Waals surface area contributed by atoms with E-state index in [4.69, 9.17) is 0 Å². The van der Waals surface area contributed by atoms with Gasteiger partial charge in [-0.05, 0) is 18.2 Å². The Morgan fingerprint density at radius 1 is 1.05 bits per heavy atom. The minimum absolute atomic E-state index is 0.0848. The smallest absolute Gasteiger partial charge is 0.150 e. The number of aliphatic hydroxyl groups excluding tert-OH is 1. The van der Waals surface area contributed by atoms with Gasteiger partial charge in [-0.25, -0.2) is 4.98 Å². The average molecular weight is 263 g/mol. The van der Waals surface area contributed by atoms with E-state index in [0.29, 0.717) is 5.56 Å². The van der Waals surface area contributed by atoms with E-state index in [2.05, 4.69) is 4.98 Å². The fourth-order valence-corrected chi connectivity index (χ4v) is 2.29. The number of fused-ring (bicyclic) bond motifs is 1. The number of rotatable bonds is 3. The van der Waals surface area contributed by atoms with Gasteiger partial charge in [0.2, 0.25) is 0 Å². The Morgan fingerprint density at radius 2 is 1.90 bits per heavy atom. The van der Waals surface area contributed by atoms with Crippen molar-refractivity contribution in [2.45, 2.75) is 6.61 Å². The number of carbonyl (C=O) groups is 1. The van der Waals surface area contributed by atoms with Gasteiger partial charge in [0, 0.05) is 22.1 Å². The van der Waals surface area contributed by atoms with Gasteiger partial charge in [0.05, 0.1) is 17.8 Å². The van der Waals surface area contributed by atoms with E-state index < -0.39 is 0 Å². The Labute approximate surface area is 116 Å². The summed E-state index contributed by atoms with van der Waals surface area (Å²) >= 11 is 0. The van der Waals surface area contributed by atoms with Gasteiger partial charge in [-0.2, -0.15) is 0 Å². The summed E-state index contributed by atoms with van der Waals surface area (Å²) in [5, 5.41) is 10.5. The standard InChI is InChI=1S/C17H13NO2/c19-10-12-4-3-6-14(8-12)17-15(11-20)9-13-5-1-2-7-16(13)18-17/h1-10,20H,11H2. The van der Waals surface area contributed by atoms with Crippen molar-refractivity contribution in [2.24, 2.45) is 0 Å². The summed E-state index contributed by atoms with van der Waals surface area (Å²) in [4.78, 5) is 15.5. The van der Waals surface area contributed by atoms with E-state index in [-0.39, 0.29) is 6.61 Å². The highest BCUT2D eigenvalue weighted by molar-refractivity contribution is 5.84. The number of aldehydes is 1. The van der Waals surface area contributed by atoms with Gasteiger partial charge in [-0.3, -0.25) is 4.79 Å². The van der Waals surface area contributed by atoms with Gasteiger partial charge in [0.1, 0.15) is 6.29 Å². The van der Waals surface area contributed by atoms with Crippen molar-refractivity contribution in [3.63, 3.8) is 0 Å². The first-order valence-corrected chi connectivity index (χ1v) is 6.37. The van der Waals surface area contributed by atoms with Crippen molar-refractivity contribution in [3.8, 4) is 11.3 Å². The maximum absolute atomic E-state index is 10.9. The number of benzene rings is 2. The Kier molecular flexibility index (Phi) is 3.27. The molecule has 1 aromatic heterocycles. The van der Waals surface area contributed by atoms with Crippen LogP contribution in [-0.2, 0) is 6.61 Å². The molecule has 98 valence electrons. The van der Waals surface area contributed by atoms with Gasteiger partial charge in [0.25, 0.3) is 0 Å². The van der Waals surface area contributed by atoms with Gasteiger partial charge in [-0.1, -0.05) is 36.4 Å². The second-order valence-electron chi connectivity index (χ2n) is 4.59. The molecular weight excluding hydrogens is 250 g/mol. The summed E-state index contributed by atoms with van der Waals surface area (Å²) in [5.41, 5.74) is 3.78. The molecule has 3 heteroatoms. The number of hydrogen-bond acceptors (Lipinski definition) is 3. The van der Waals surface area contributed by atoms with E-state index in [9.17, 15) is 9.90 Å². The van der Waals surface area contributed by atoms with Crippen LogP contribution >= 0.6 is 0 Å². The monoisotopic (exact) mass is 263 g/mol. The summed E-state index contributed by atoms with van der Waals surface area (Å²) < 4.78 is 0. The lowest BCUT2D eigenvalue weighted by molar-refractivity contribution is 0.112. The van der Waals surface area contributed by atoms with Crippen LogP contribution in [0.5, 0.6) is 0 Å². The van der Waals surface area contributed by atoms with Crippen LogP contribution in [0.4, 0.5) is 0 Å². The highest BCUT2D eigenvalue weighted by Gasteiger charge is 2.09. The Bertz CT molecular complexity index is 781. The first-order chi connectivity index (χ1) is 9.81. The molecule has 0 aliphatic rings. The van der Waals surface area contributed by atoms with Crippen LogP contribution in [0.1, 0.15) is 15.9 Å². The van der Waals surface area contributed by atoms with E-state index in [1.54, 1.807) is 12.1 Å². The summed E-state index contributed by atoms with van der Waals surface area (Å²) in [6.45, 7) is -0.0848. The molecule has 0 spiro atoms. The fourth-order valence-electron chi connectivity index (χ4n) is 2.29. The van der Waals surface area contributed by atoms with Gasteiger partial charge in [0.15, 0.2) is 0 Å². The molecule has 0 saturated heterocycles. The molecule has 3 aromatic rings. The highest BCUT2D eigenvalue weighted by atomic mass is 16.3. The molecule has 3 rings (SSSR count). The number of hydrogen-bond donors (Lipinski definition) is 1. The molecular formula is C17H13NO2. The normalized spacial score (nSPS) is 10.7. The van der Waals surface area contributed by atoms with E-state index in [1.807, 2.05) is 42.5 Å². The molecule has 1 heterocycles. The van der Waals surface area contributed by atoms with Crippen LogP contribution in [0.15, 0.2) is 54.6 Å². The number of aromatic nitrogens is 1. The maximum atomic E-state index is 10.9.